The minimum absolute atomic E-state index is 0.0380. The Morgan fingerprint density at radius 2 is 1.86 bits per heavy atom. The largest absolute Gasteiger partial charge is 0.478 e. The summed E-state index contributed by atoms with van der Waals surface area (Å²) in [5.41, 5.74) is -0.566. The molecular weight excluding hydrogens is 285 g/mol. The van der Waals surface area contributed by atoms with Crippen LogP contribution in [0, 0.1) is 0 Å². The van der Waals surface area contributed by atoms with Crippen LogP contribution in [0.15, 0.2) is 46.9 Å². The highest BCUT2D eigenvalue weighted by atomic mass is 19.4. The van der Waals surface area contributed by atoms with E-state index in [4.69, 9.17) is 9.52 Å². The normalized spacial score (nSPS) is 12.5. The minimum Gasteiger partial charge on any atom is -0.478 e. The third-order valence-corrected chi connectivity index (χ3v) is 2.83. The Balaban J connectivity index is 2.46. The van der Waals surface area contributed by atoms with Crippen LogP contribution >= 0.6 is 0 Å². The third-order valence-electron chi connectivity index (χ3n) is 2.83. The van der Waals surface area contributed by atoms with Gasteiger partial charge in [-0.2, -0.15) is 13.2 Å². The summed E-state index contributed by atoms with van der Waals surface area (Å²) in [5.74, 6) is -0.901. The van der Waals surface area contributed by atoms with E-state index in [1.165, 1.54) is 37.3 Å². The number of rotatable bonds is 3. The number of carbonyl (C=O) groups is 1. The van der Waals surface area contributed by atoms with Gasteiger partial charge in [0.1, 0.15) is 11.5 Å². The van der Waals surface area contributed by atoms with E-state index in [0.717, 1.165) is 12.1 Å². The number of benzene rings is 1. The van der Waals surface area contributed by atoms with Gasteiger partial charge >= 0.3 is 12.1 Å². The van der Waals surface area contributed by atoms with E-state index < -0.39 is 17.7 Å². The van der Waals surface area contributed by atoms with Gasteiger partial charge in [0.15, 0.2) is 0 Å². The van der Waals surface area contributed by atoms with Crippen molar-refractivity contribution >= 4 is 11.5 Å². The van der Waals surface area contributed by atoms with Gasteiger partial charge in [0.05, 0.1) is 5.56 Å². The maximum atomic E-state index is 12.9. The van der Waals surface area contributed by atoms with E-state index in [0.29, 0.717) is 5.57 Å². The standard InChI is InChI=1S/C15H11F3O3/c1-9(8-14(19)20)12-6-7-13(21-12)10-4-2-3-5-11(10)15(16,17)18/h2-8H,1H3,(H,19,20)/b9-8+. The fourth-order valence-electron chi connectivity index (χ4n) is 1.90. The van der Waals surface area contributed by atoms with Gasteiger partial charge in [-0.3, -0.25) is 0 Å². The Bertz CT molecular complexity index is 696. The third kappa shape index (κ3) is 3.34. The lowest BCUT2D eigenvalue weighted by Gasteiger charge is -2.10. The molecule has 110 valence electrons. The molecule has 21 heavy (non-hydrogen) atoms. The lowest BCUT2D eigenvalue weighted by Crippen LogP contribution is -2.06. The number of carboxylic acids is 1. The molecule has 2 aromatic rings. The zero-order chi connectivity index (χ0) is 15.6. The molecule has 0 spiro atoms. The van der Waals surface area contributed by atoms with Gasteiger partial charge in [0, 0.05) is 11.6 Å². The first-order valence-electron chi connectivity index (χ1n) is 5.97. The second-order valence-electron chi connectivity index (χ2n) is 4.37. The SMILES string of the molecule is C/C(=C\C(=O)O)c1ccc(-c2ccccc2C(F)(F)F)o1. The summed E-state index contributed by atoms with van der Waals surface area (Å²) in [4.78, 5) is 10.6. The first kappa shape index (κ1) is 14.9. The van der Waals surface area contributed by atoms with Crippen LogP contribution in [-0.4, -0.2) is 11.1 Å². The van der Waals surface area contributed by atoms with Gasteiger partial charge < -0.3 is 9.52 Å². The van der Waals surface area contributed by atoms with Crippen LogP contribution in [0.5, 0.6) is 0 Å². The summed E-state index contributed by atoms with van der Waals surface area (Å²) in [7, 11) is 0. The highest BCUT2D eigenvalue weighted by molar-refractivity contribution is 5.88. The molecule has 1 aromatic carbocycles. The predicted molar refractivity (Wildman–Crippen MR) is 70.4 cm³/mol. The van der Waals surface area contributed by atoms with E-state index in [1.807, 2.05) is 0 Å². The smallest absolute Gasteiger partial charge is 0.417 e. The minimum atomic E-state index is -4.49. The van der Waals surface area contributed by atoms with Crippen LogP contribution in [0.4, 0.5) is 13.2 Å². The van der Waals surface area contributed by atoms with Crippen molar-refractivity contribution in [2.75, 3.05) is 0 Å². The first-order valence-corrected chi connectivity index (χ1v) is 5.97. The zero-order valence-electron chi connectivity index (χ0n) is 10.9. The van der Waals surface area contributed by atoms with Crippen LogP contribution in [0.25, 0.3) is 16.9 Å². The van der Waals surface area contributed by atoms with Crippen molar-refractivity contribution in [2.24, 2.45) is 0 Å². The van der Waals surface area contributed by atoms with E-state index in [9.17, 15) is 18.0 Å². The number of alkyl halides is 3. The summed E-state index contributed by atoms with van der Waals surface area (Å²) in [6, 6.07) is 7.88. The molecule has 0 radical (unpaired) electrons. The predicted octanol–water partition coefficient (Wildman–Crippen LogP) is 4.45. The maximum Gasteiger partial charge on any atom is 0.417 e. The van der Waals surface area contributed by atoms with Crippen molar-refractivity contribution in [3.05, 3.63) is 53.8 Å². The van der Waals surface area contributed by atoms with Crippen molar-refractivity contribution in [2.45, 2.75) is 13.1 Å². The molecule has 0 bridgehead atoms. The Morgan fingerprint density at radius 3 is 2.48 bits per heavy atom. The van der Waals surface area contributed by atoms with Crippen LogP contribution in [0.2, 0.25) is 0 Å². The molecule has 0 aliphatic carbocycles. The summed E-state index contributed by atoms with van der Waals surface area (Å²) in [5, 5.41) is 8.65. The molecule has 0 aliphatic rings. The van der Waals surface area contributed by atoms with Gasteiger partial charge in [-0.1, -0.05) is 18.2 Å². The van der Waals surface area contributed by atoms with Crippen LogP contribution in [-0.2, 0) is 11.0 Å². The van der Waals surface area contributed by atoms with Crippen molar-refractivity contribution in [3.63, 3.8) is 0 Å². The molecule has 1 N–H and O–H groups in total. The monoisotopic (exact) mass is 296 g/mol. The molecule has 0 saturated heterocycles. The number of hydrogen-bond acceptors (Lipinski definition) is 2. The molecule has 0 unspecified atom stereocenters. The topological polar surface area (TPSA) is 50.4 Å². The van der Waals surface area contributed by atoms with Crippen molar-refractivity contribution in [1.82, 2.24) is 0 Å². The summed E-state index contributed by atoms with van der Waals surface area (Å²) >= 11 is 0. The molecule has 0 aliphatic heterocycles. The van der Waals surface area contributed by atoms with Crippen LogP contribution in [0.1, 0.15) is 18.2 Å². The first-order chi connectivity index (χ1) is 9.79. The van der Waals surface area contributed by atoms with Crippen LogP contribution in [0.3, 0.4) is 0 Å². The lowest BCUT2D eigenvalue weighted by molar-refractivity contribution is -0.137. The molecule has 0 saturated carbocycles. The van der Waals surface area contributed by atoms with E-state index in [2.05, 4.69) is 0 Å². The van der Waals surface area contributed by atoms with Gasteiger partial charge in [-0.25, -0.2) is 4.79 Å². The number of aliphatic carboxylic acids is 1. The van der Waals surface area contributed by atoms with E-state index >= 15 is 0 Å². The van der Waals surface area contributed by atoms with Crippen molar-refractivity contribution < 1.29 is 27.5 Å². The molecule has 0 atom stereocenters. The maximum absolute atomic E-state index is 12.9. The molecular formula is C15H11F3O3. The zero-order valence-corrected chi connectivity index (χ0v) is 10.9. The van der Waals surface area contributed by atoms with Gasteiger partial charge in [0.2, 0.25) is 0 Å². The summed E-state index contributed by atoms with van der Waals surface area (Å²) in [6.07, 6.45) is -3.56. The van der Waals surface area contributed by atoms with Gasteiger partial charge in [-0.05, 0) is 30.7 Å². The quantitative estimate of drug-likeness (QED) is 0.851. The second-order valence-corrected chi connectivity index (χ2v) is 4.37. The van der Waals surface area contributed by atoms with Gasteiger partial charge in [-0.15, -0.1) is 0 Å². The number of furan rings is 1. The number of allylic oxidation sites excluding steroid dienone is 1. The number of hydrogen-bond donors (Lipinski definition) is 1. The molecule has 2 rings (SSSR count). The Morgan fingerprint density at radius 1 is 1.19 bits per heavy atom. The van der Waals surface area contributed by atoms with Crippen molar-refractivity contribution in [3.8, 4) is 11.3 Å². The highest BCUT2D eigenvalue weighted by Crippen LogP contribution is 2.37. The summed E-state index contributed by atoms with van der Waals surface area (Å²) in [6.45, 7) is 1.51. The van der Waals surface area contributed by atoms with E-state index in [-0.39, 0.29) is 17.1 Å². The molecule has 1 aromatic heterocycles. The second kappa shape index (κ2) is 5.47. The number of halogens is 3. The fraction of sp³-hybridized carbons (Fsp3) is 0.133. The average molecular weight is 296 g/mol. The Hall–Kier alpha value is -2.50. The molecule has 3 nitrogen and oxygen atoms in total. The number of carboxylic acid groups (broad SMARTS) is 1. The van der Waals surface area contributed by atoms with Crippen LogP contribution < -0.4 is 0 Å². The average Bonchev–Trinajstić information content (AvgIpc) is 2.86. The lowest BCUT2D eigenvalue weighted by atomic mass is 10.1. The van der Waals surface area contributed by atoms with E-state index in [1.54, 1.807) is 0 Å². The van der Waals surface area contributed by atoms with Gasteiger partial charge in [0.25, 0.3) is 0 Å². The molecule has 6 heteroatoms. The summed E-state index contributed by atoms with van der Waals surface area (Å²) < 4.78 is 44.2. The highest BCUT2D eigenvalue weighted by Gasteiger charge is 2.34. The molecule has 0 fully saturated rings. The molecule has 1 heterocycles. The van der Waals surface area contributed by atoms with Crippen molar-refractivity contribution in [1.29, 1.82) is 0 Å². The fourth-order valence-corrected chi connectivity index (χ4v) is 1.90. The Kier molecular flexibility index (Phi) is 3.88. The molecule has 0 amide bonds. The Labute approximate surface area is 118 Å².